The van der Waals surface area contributed by atoms with Crippen LogP contribution in [0.2, 0.25) is 0 Å². The van der Waals surface area contributed by atoms with Crippen LogP contribution >= 0.6 is 0 Å². The van der Waals surface area contributed by atoms with Gasteiger partial charge in [-0.1, -0.05) is 18.2 Å². The normalized spacial score (nSPS) is 21.5. The molecule has 1 aromatic heterocycles. The average molecular weight is 339 g/mol. The minimum absolute atomic E-state index is 0.287. The van der Waals surface area contributed by atoms with Crippen LogP contribution in [0.1, 0.15) is 29.5 Å². The lowest BCUT2D eigenvalue weighted by atomic mass is 10.1. The maximum absolute atomic E-state index is 13.1. The second kappa shape index (κ2) is 5.78. The van der Waals surface area contributed by atoms with Crippen molar-refractivity contribution >= 4 is 11.4 Å². The van der Waals surface area contributed by atoms with Gasteiger partial charge in [-0.25, -0.2) is 4.98 Å². The lowest BCUT2D eigenvalue weighted by molar-refractivity contribution is 0.144. The maximum Gasteiger partial charge on any atom is 0.273 e. The fourth-order valence-electron chi connectivity index (χ4n) is 2.96. The van der Waals surface area contributed by atoms with Gasteiger partial charge in [0.15, 0.2) is 0 Å². The number of pyridine rings is 1. The van der Waals surface area contributed by atoms with Crippen molar-refractivity contribution in [3.8, 4) is 11.9 Å². The van der Waals surface area contributed by atoms with E-state index in [1.807, 2.05) is 35.5 Å². The number of fused-ring (bicyclic) bond motifs is 1. The summed E-state index contributed by atoms with van der Waals surface area (Å²) in [6.45, 7) is 2.96. The number of aryl methyl sites for hydroxylation is 1. The third-order valence-electron chi connectivity index (χ3n) is 4.45. The molecule has 6 heteroatoms. The van der Waals surface area contributed by atoms with Crippen LogP contribution in [0.25, 0.3) is 0 Å². The molecule has 0 bridgehead atoms. The molecule has 1 aromatic carbocycles. The van der Waals surface area contributed by atoms with E-state index in [1.165, 1.54) is 0 Å². The van der Waals surface area contributed by atoms with Crippen molar-refractivity contribution < 1.29 is 9.29 Å². The Morgan fingerprint density at radius 3 is 2.96 bits per heavy atom. The van der Waals surface area contributed by atoms with E-state index in [0.29, 0.717) is 29.4 Å². The van der Waals surface area contributed by atoms with Crippen LogP contribution in [0.3, 0.4) is 0 Å². The molecule has 2 heterocycles. The van der Waals surface area contributed by atoms with Gasteiger partial charge in [0.2, 0.25) is 4.90 Å². The van der Waals surface area contributed by atoms with Gasteiger partial charge in [0.25, 0.3) is 5.88 Å². The molecule has 1 atom stereocenters. The Balaban J connectivity index is 1.71. The monoisotopic (exact) mass is 339 g/mol. The predicted octanol–water partition coefficient (Wildman–Crippen LogP) is 2.71. The first-order chi connectivity index (χ1) is 11.6. The molecule has 0 amide bonds. The lowest BCUT2D eigenvalue weighted by Gasteiger charge is -2.23. The van der Waals surface area contributed by atoms with Gasteiger partial charge < -0.3 is 9.29 Å². The summed E-state index contributed by atoms with van der Waals surface area (Å²) in [4.78, 5) is 4.96. The standard InChI is InChI=1S/C18H17N3O2S/c1-13-8-16-17(20-10-13)23-18(6-7-18)12-21(24(16)22)11-15-5-3-2-4-14(15)9-19/h2-5,8,10H,6-7,11-12H2,1H3. The highest BCUT2D eigenvalue weighted by atomic mass is 32.2. The van der Waals surface area contributed by atoms with Crippen LogP contribution in [0, 0.1) is 18.3 Å². The number of nitriles is 1. The molecule has 1 fully saturated rings. The molecule has 2 aliphatic rings. The summed E-state index contributed by atoms with van der Waals surface area (Å²) < 4.78 is 21.1. The van der Waals surface area contributed by atoms with Gasteiger partial charge in [-0.2, -0.15) is 5.26 Å². The summed E-state index contributed by atoms with van der Waals surface area (Å²) in [5.41, 5.74) is 2.17. The summed E-state index contributed by atoms with van der Waals surface area (Å²) in [5.74, 6) is 0.479. The summed E-state index contributed by atoms with van der Waals surface area (Å²) in [6.07, 6.45) is 3.62. The highest BCUT2D eigenvalue weighted by Gasteiger charge is 2.53. The molecule has 0 N–H and O–H groups in total. The zero-order valence-corrected chi connectivity index (χ0v) is 14.2. The van der Waals surface area contributed by atoms with E-state index >= 15 is 0 Å². The van der Waals surface area contributed by atoms with E-state index in [-0.39, 0.29) is 5.60 Å². The third kappa shape index (κ3) is 2.75. The van der Waals surface area contributed by atoms with Gasteiger partial charge >= 0.3 is 0 Å². The van der Waals surface area contributed by atoms with Crippen molar-refractivity contribution in [2.75, 3.05) is 6.54 Å². The lowest BCUT2D eigenvalue weighted by Crippen LogP contribution is -2.38. The van der Waals surface area contributed by atoms with Crippen molar-refractivity contribution in [1.82, 2.24) is 9.29 Å². The van der Waals surface area contributed by atoms with Crippen molar-refractivity contribution in [2.45, 2.75) is 36.8 Å². The Kier molecular flexibility index (Phi) is 3.72. The van der Waals surface area contributed by atoms with E-state index in [9.17, 15) is 9.81 Å². The molecule has 4 rings (SSSR count). The Labute approximate surface area is 144 Å². The number of aromatic nitrogens is 1. The summed E-state index contributed by atoms with van der Waals surface area (Å²) in [6, 6.07) is 11.5. The van der Waals surface area contributed by atoms with E-state index in [1.54, 1.807) is 12.3 Å². The first-order valence-corrected chi connectivity index (χ1v) is 9.01. The van der Waals surface area contributed by atoms with Crippen molar-refractivity contribution in [1.29, 1.82) is 5.26 Å². The quantitative estimate of drug-likeness (QED) is 0.787. The van der Waals surface area contributed by atoms with E-state index in [2.05, 4.69) is 11.1 Å². The number of ether oxygens (including phenoxy) is 1. The van der Waals surface area contributed by atoms with Crippen LogP contribution < -0.4 is 4.74 Å². The Morgan fingerprint density at radius 2 is 2.21 bits per heavy atom. The highest BCUT2D eigenvalue weighted by Crippen LogP contribution is 2.46. The molecular formula is C18H17N3O2S. The van der Waals surface area contributed by atoms with Crippen molar-refractivity contribution in [3.05, 3.63) is 53.2 Å². The minimum Gasteiger partial charge on any atom is -0.593 e. The smallest absolute Gasteiger partial charge is 0.273 e. The second-order valence-electron chi connectivity index (χ2n) is 6.42. The molecule has 2 aromatic rings. The molecule has 0 saturated heterocycles. The number of rotatable bonds is 2. The van der Waals surface area contributed by atoms with Crippen molar-refractivity contribution in [3.63, 3.8) is 0 Å². The number of benzene rings is 1. The van der Waals surface area contributed by atoms with E-state index < -0.39 is 11.4 Å². The number of nitrogens with zero attached hydrogens (tertiary/aromatic N) is 3. The summed E-state index contributed by atoms with van der Waals surface area (Å²) in [7, 11) is 0. The van der Waals surface area contributed by atoms with Crippen LogP contribution in [0.15, 0.2) is 41.4 Å². The van der Waals surface area contributed by atoms with Gasteiger partial charge in [0, 0.05) is 12.3 Å². The topological polar surface area (TPSA) is 72.2 Å². The molecular weight excluding hydrogens is 322 g/mol. The highest BCUT2D eigenvalue weighted by molar-refractivity contribution is 7.89. The van der Waals surface area contributed by atoms with Gasteiger partial charge in [0.05, 0.1) is 36.1 Å². The van der Waals surface area contributed by atoms with E-state index in [0.717, 1.165) is 24.0 Å². The molecule has 1 spiro atoms. The molecule has 1 aliphatic heterocycles. The minimum atomic E-state index is -1.36. The summed E-state index contributed by atoms with van der Waals surface area (Å²) in [5, 5.41) is 9.30. The Hall–Kier alpha value is -2.07. The van der Waals surface area contributed by atoms with Gasteiger partial charge in [-0.05, 0) is 37.0 Å². The van der Waals surface area contributed by atoms with Crippen LogP contribution in [0.4, 0.5) is 0 Å². The fraction of sp³-hybridized carbons (Fsp3) is 0.333. The van der Waals surface area contributed by atoms with Crippen LogP contribution in [0.5, 0.6) is 5.88 Å². The predicted molar refractivity (Wildman–Crippen MR) is 89.5 cm³/mol. The molecule has 0 radical (unpaired) electrons. The second-order valence-corrected chi connectivity index (χ2v) is 7.87. The first kappa shape index (κ1) is 15.5. The zero-order chi connectivity index (χ0) is 16.7. The van der Waals surface area contributed by atoms with Gasteiger partial charge in [-0.3, -0.25) is 0 Å². The molecule has 122 valence electrons. The molecule has 1 saturated carbocycles. The number of hydrogen-bond acceptors (Lipinski definition) is 5. The van der Waals surface area contributed by atoms with Crippen molar-refractivity contribution in [2.24, 2.45) is 0 Å². The molecule has 24 heavy (non-hydrogen) atoms. The van der Waals surface area contributed by atoms with Crippen LogP contribution in [-0.2, 0) is 17.9 Å². The summed E-state index contributed by atoms with van der Waals surface area (Å²) >= 11 is -1.36. The zero-order valence-electron chi connectivity index (χ0n) is 13.4. The largest absolute Gasteiger partial charge is 0.593 e. The Morgan fingerprint density at radius 1 is 1.42 bits per heavy atom. The number of hydrogen-bond donors (Lipinski definition) is 0. The van der Waals surface area contributed by atoms with Gasteiger partial charge in [0.1, 0.15) is 5.60 Å². The molecule has 5 nitrogen and oxygen atoms in total. The van der Waals surface area contributed by atoms with E-state index in [4.69, 9.17) is 4.74 Å². The first-order valence-electron chi connectivity index (χ1n) is 7.91. The average Bonchev–Trinajstić information content (AvgIpc) is 3.36. The van der Waals surface area contributed by atoms with Crippen LogP contribution in [-0.4, -0.2) is 26.0 Å². The molecule has 1 unspecified atom stereocenters. The maximum atomic E-state index is 13.1. The molecule has 1 aliphatic carbocycles. The Bertz CT molecular complexity index is 829. The van der Waals surface area contributed by atoms with Gasteiger partial charge in [-0.15, -0.1) is 4.31 Å². The fourth-order valence-corrected chi connectivity index (χ4v) is 4.38. The third-order valence-corrected chi connectivity index (χ3v) is 5.84. The SMILES string of the molecule is Cc1cnc2c(c1)[S+]([O-])N(Cc1ccccc1C#N)CC1(CC1)O2.